The van der Waals surface area contributed by atoms with Crippen LogP contribution in [0.1, 0.15) is 23.8 Å². The maximum atomic E-state index is 13.2. The van der Waals surface area contributed by atoms with Gasteiger partial charge in [0.2, 0.25) is 0 Å². The molecule has 108 valence electrons. The van der Waals surface area contributed by atoms with E-state index in [1.807, 2.05) is 6.20 Å². The van der Waals surface area contributed by atoms with Crippen LogP contribution in [0.15, 0.2) is 29.9 Å². The third-order valence-corrected chi connectivity index (χ3v) is 3.82. The first-order valence-electron chi connectivity index (χ1n) is 6.73. The lowest BCUT2D eigenvalue weighted by atomic mass is 10.0. The van der Waals surface area contributed by atoms with E-state index in [0.717, 1.165) is 25.5 Å². The average molecular weight is 296 g/mol. The van der Waals surface area contributed by atoms with Gasteiger partial charge in [0.1, 0.15) is 11.6 Å². The second kappa shape index (κ2) is 7.45. The summed E-state index contributed by atoms with van der Waals surface area (Å²) in [6.07, 6.45) is 4.30. The number of hydrogen-bond acceptors (Lipinski definition) is 3. The smallest absolute Gasteiger partial charge is 0.126 e. The molecule has 1 atom stereocenters. The number of benzene rings is 1. The quantitative estimate of drug-likeness (QED) is 0.845. The van der Waals surface area contributed by atoms with Gasteiger partial charge < -0.3 is 5.32 Å². The number of halogens is 2. The second-order valence-corrected chi connectivity index (χ2v) is 5.78. The largest absolute Gasteiger partial charge is 0.313 e. The fraction of sp³-hybridized carbons (Fsp3) is 0.400. The van der Waals surface area contributed by atoms with Crippen LogP contribution in [0.3, 0.4) is 0 Å². The zero-order valence-electron chi connectivity index (χ0n) is 11.4. The van der Waals surface area contributed by atoms with Gasteiger partial charge in [-0.05, 0) is 43.5 Å². The lowest BCUT2D eigenvalue weighted by Gasteiger charge is -2.18. The van der Waals surface area contributed by atoms with Gasteiger partial charge in [0.15, 0.2) is 0 Å². The van der Waals surface area contributed by atoms with Gasteiger partial charge in [0.25, 0.3) is 0 Å². The fourth-order valence-corrected chi connectivity index (χ4v) is 2.84. The molecule has 0 saturated carbocycles. The zero-order valence-corrected chi connectivity index (χ0v) is 12.2. The van der Waals surface area contributed by atoms with E-state index in [1.54, 1.807) is 16.8 Å². The highest BCUT2D eigenvalue weighted by Gasteiger charge is 2.12. The number of aromatic nitrogens is 1. The average Bonchev–Trinajstić information content (AvgIpc) is 2.87. The molecule has 2 rings (SSSR count). The molecule has 0 aliphatic carbocycles. The summed E-state index contributed by atoms with van der Waals surface area (Å²) in [5.41, 5.74) is 2.48. The maximum Gasteiger partial charge on any atom is 0.126 e. The van der Waals surface area contributed by atoms with E-state index in [1.165, 1.54) is 17.0 Å². The van der Waals surface area contributed by atoms with Crippen molar-refractivity contribution in [2.75, 3.05) is 6.54 Å². The molecular weight excluding hydrogens is 278 g/mol. The normalized spacial score (nSPS) is 12.6. The number of rotatable bonds is 7. The molecule has 2 aromatic rings. The predicted octanol–water partition coefficient (Wildman–Crippen LogP) is 3.57. The topological polar surface area (TPSA) is 24.9 Å². The molecule has 0 aliphatic rings. The lowest BCUT2D eigenvalue weighted by molar-refractivity contribution is 0.503. The Bertz CT molecular complexity index is 508. The van der Waals surface area contributed by atoms with Crippen molar-refractivity contribution in [1.29, 1.82) is 0 Å². The number of thiazole rings is 1. The fourth-order valence-electron chi connectivity index (χ4n) is 2.16. The van der Waals surface area contributed by atoms with Crippen molar-refractivity contribution in [2.45, 2.75) is 32.2 Å². The molecule has 0 spiro atoms. The summed E-state index contributed by atoms with van der Waals surface area (Å²) in [4.78, 5) is 5.24. The van der Waals surface area contributed by atoms with E-state index in [0.29, 0.717) is 12.0 Å². The van der Waals surface area contributed by atoms with Gasteiger partial charge in [0, 0.05) is 23.2 Å². The SMILES string of the molecule is CCCNC(Cc1cc(F)cc(F)c1)Cc1cncs1. The van der Waals surface area contributed by atoms with Crippen LogP contribution in [0, 0.1) is 11.6 Å². The minimum atomic E-state index is -0.521. The maximum absolute atomic E-state index is 13.2. The Morgan fingerprint density at radius 2 is 1.95 bits per heavy atom. The zero-order chi connectivity index (χ0) is 14.4. The summed E-state index contributed by atoms with van der Waals surface area (Å²) in [5, 5.41) is 3.43. The Balaban J connectivity index is 2.05. The molecule has 2 nitrogen and oxygen atoms in total. The van der Waals surface area contributed by atoms with E-state index < -0.39 is 11.6 Å². The van der Waals surface area contributed by atoms with Crippen molar-refractivity contribution in [3.63, 3.8) is 0 Å². The molecule has 0 saturated heterocycles. The van der Waals surface area contributed by atoms with Crippen LogP contribution >= 0.6 is 11.3 Å². The first-order valence-corrected chi connectivity index (χ1v) is 7.61. The predicted molar refractivity (Wildman–Crippen MR) is 78.0 cm³/mol. The number of nitrogens with zero attached hydrogens (tertiary/aromatic N) is 1. The van der Waals surface area contributed by atoms with Gasteiger partial charge in [-0.2, -0.15) is 0 Å². The van der Waals surface area contributed by atoms with E-state index in [4.69, 9.17) is 0 Å². The molecule has 5 heteroatoms. The number of nitrogens with one attached hydrogen (secondary N) is 1. The van der Waals surface area contributed by atoms with E-state index in [2.05, 4.69) is 17.2 Å². The molecule has 0 aliphatic heterocycles. The third kappa shape index (κ3) is 4.65. The van der Waals surface area contributed by atoms with Crippen LogP contribution in [0.5, 0.6) is 0 Å². The Labute approximate surface area is 121 Å². The van der Waals surface area contributed by atoms with Crippen LogP contribution in [0.2, 0.25) is 0 Å². The van der Waals surface area contributed by atoms with E-state index in [-0.39, 0.29) is 6.04 Å². The van der Waals surface area contributed by atoms with Gasteiger partial charge in [-0.1, -0.05) is 6.92 Å². The van der Waals surface area contributed by atoms with Gasteiger partial charge in [-0.15, -0.1) is 11.3 Å². The summed E-state index contributed by atoms with van der Waals surface area (Å²) >= 11 is 1.60. The lowest BCUT2D eigenvalue weighted by Crippen LogP contribution is -2.33. The van der Waals surface area contributed by atoms with Gasteiger partial charge in [-0.3, -0.25) is 4.98 Å². The molecule has 0 bridgehead atoms. The highest BCUT2D eigenvalue weighted by atomic mass is 32.1. The van der Waals surface area contributed by atoms with Crippen LogP contribution in [0.25, 0.3) is 0 Å². The minimum Gasteiger partial charge on any atom is -0.313 e. The monoisotopic (exact) mass is 296 g/mol. The van der Waals surface area contributed by atoms with Crippen molar-refractivity contribution in [3.8, 4) is 0 Å². The second-order valence-electron chi connectivity index (χ2n) is 4.80. The first-order chi connectivity index (χ1) is 9.67. The highest BCUT2D eigenvalue weighted by molar-refractivity contribution is 7.09. The Morgan fingerprint density at radius 1 is 1.20 bits per heavy atom. The van der Waals surface area contributed by atoms with Crippen molar-refractivity contribution in [3.05, 3.63) is 52.0 Å². The van der Waals surface area contributed by atoms with Gasteiger partial charge in [-0.25, -0.2) is 8.78 Å². The van der Waals surface area contributed by atoms with E-state index >= 15 is 0 Å². The van der Waals surface area contributed by atoms with Crippen molar-refractivity contribution >= 4 is 11.3 Å². The van der Waals surface area contributed by atoms with Gasteiger partial charge in [0.05, 0.1) is 5.51 Å². The summed E-state index contributed by atoms with van der Waals surface area (Å²) in [6.45, 7) is 2.99. The summed E-state index contributed by atoms with van der Waals surface area (Å²) in [5.74, 6) is -1.04. The van der Waals surface area contributed by atoms with Crippen LogP contribution < -0.4 is 5.32 Å². The minimum absolute atomic E-state index is 0.164. The molecule has 1 aromatic heterocycles. The molecule has 0 radical (unpaired) electrons. The summed E-state index contributed by atoms with van der Waals surface area (Å²) in [7, 11) is 0. The molecule has 1 unspecified atom stereocenters. The molecular formula is C15H18F2N2S. The Kier molecular flexibility index (Phi) is 5.61. The van der Waals surface area contributed by atoms with Gasteiger partial charge >= 0.3 is 0 Å². The number of hydrogen-bond donors (Lipinski definition) is 1. The van der Waals surface area contributed by atoms with Crippen LogP contribution in [0.4, 0.5) is 8.78 Å². The molecule has 20 heavy (non-hydrogen) atoms. The standard InChI is InChI=1S/C15H18F2N2S/c1-2-3-19-14(8-15-9-18-10-20-15)6-11-4-12(16)7-13(17)5-11/h4-5,7,9-10,14,19H,2-3,6,8H2,1H3. The first kappa shape index (κ1) is 15.1. The van der Waals surface area contributed by atoms with Crippen molar-refractivity contribution in [1.82, 2.24) is 10.3 Å². The Hall–Kier alpha value is -1.33. The van der Waals surface area contributed by atoms with E-state index in [9.17, 15) is 8.78 Å². The molecule has 0 fully saturated rings. The molecule has 1 N–H and O–H groups in total. The molecule has 1 aromatic carbocycles. The molecule has 1 heterocycles. The van der Waals surface area contributed by atoms with Crippen molar-refractivity contribution in [2.24, 2.45) is 0 Å². The summed E-state index contributed by atoms with van der Waals surface area (Å²) in [6, 6.07) is 3.87. The third-order valence-electron chi connectivity index (χ3n) is 3.02. The Morgan fingerprint density at radius 3 is 2.55 bits per heavy atom. The highest BCUT2D eigenvalue weighted by Crippen LogP contribution is 2.14. The van der Waals surface area contributed by atoms with Crippen LogP contribution in [-0.2, 0) is 12.8 Å². The molecule has 0 amide bonds. The summed E-state index contributed by atoms with van der Waals surface area (Å²) < 4.78 is 26.5. The van der Waals surface area contributed by atoms with Crippen LogP contribution in [-0.4, -0.2) is 17.6 Å². The van der Waals surface area contributed by atoms with Crippen molar-refractivity contribution < 1.29 is 8.78 Å².